The number of nitrogens with one attached hydrogen (secondary N) is 1. The summed E-state index contributed by atoms with van der Waals surface area (Å²) < 4.78 is 11.9. The molecule has 2 fully saturated rings. The zero-order valence-corrected chi connectivity index (χ0v) is 28.5. The standard InChI is InChI=1S/C34H30N6O9S2/c1-47-38-25(24-16-50-33(35)36-24)28(41)37-26-29(42)39-17-34(19-51-30(26)39,18-48-31(43)22-12-14-23(15-13-22)40(45)46)32(44)49-27(20-8-4-2-5-9-20)21-10-6-3-7-11-21/h2-16,26-27,30H,17-19H2,1H3,(H2,35,36)(H,37,41)/t26?,30-,34?/m1/s1. The number of hydrogen-bond donors (Lipinski definition) is 2. The molecule has 3 atom stereocenters. The van der Waals surface area contributed by atoms with Crippen molar-refractivity contribution in [1.29, 1.82) is 0 Å². The van der Waals surface area contributed by atoms with E-state index in [1.165, 1.54) is 53.4 Å². The van der Waals surface area contributed by atoms with E-state index in [0.29, 0.717) is 11.1 Å². The summed E-state index contributed by atoms with van der Waals surface area (Å²) >= 11 is 2.33. The minimum Gasteiger partial charge on any atom is -0.461 e. The lowest BCUT2D eigenvalue weighted by atomic mass is 9.87. The van der Waals surface area contributed by atoms with E-state index >= 15 is 0 Å². The highest BCUT2D eigenvalue weighted by Gasteiger charge is 2.59. The van der Waals surface area contributed by atoms with Crippen LogP contribution in [0.15, 0.2) is 95.5 Å². The molecule has 0 saturated carbocycles. The summed E-state index contributed by atoms with van der Waals surface area (Å²) in [5, 5.41) is 18.7. The van der Waals surface area contributed by atoms with Crippen molar-refractivity contribution in [1.82, 2.24) is 15.2 Å². The van der Waals surface area contributed by atoms with E-state index in [2.05, 4.69) is 15.5 Å². The second kappa shape index (κ2) is 15.0. The number of carbonyl (C=O) groups is 4. The lowest BCUT2D eigenvalue weighted by molar-refractivity contribution is -0.384. The summed E-state index contributed by atoms with van der Waals surface area (Å²) in [4.78, 5) is 75.1. The molecule has 2 unspecified atom stereocenters. The molecule has 3 N–H and O–H groups in total. The number of anilines is 1. The van der Waals surface area contributed by atoms with Crippen molar-refractivity contribution in [2.24, 2.45) is 10.6 Å². The number of β-lactam (4-membered cyclic amide) rings is 1. The van der Waals surface area contributed by atoms with Crippen molar-refractivity contribution >= 4 is 63.4 Å². The van der Waals surface area contributed by atoms with Gasteiger partial charge in [0.2, 0.25) is 5.91 Å². The molecule has 3 heterocycles. The first-order valence-corrected chi connectivity index (χ1v) is 17.3. The molecule has 15 nitrogen and oxygen atoms in total. The van der Waals surface area contributed by atoms with Gasteiger partial charge in [0.25, 0.3) is 11.6 Å². The molecule has 2 aliphatic heterocycles. The van der Waals surface area contributed by atoms with E-state index in [1.54, 1.807) is 0 Å². The second-order valence-electron chi connectivity index (χ2n) is 11.6. The van der Waals surface area contributed by atoms with Crippen molar-refractivity contribution in [2.45, 2.75) is 17.5 Å². The number of rotatable bonds is 12. The van der Waals surface area contributed by atoms with Gasteiger partial charge in [0, 0.05) is 29.8 Å². The Morgan fingerprint density at radius 2 is 1.73 bits per heavy atom. The summed E-state index contributed by atoms with van der Waals surface area (Å²) in [5.41, 5.74) is 5.45. The van der Waals surface area contributed by atoms with Gasteiger partial charge in [-0.15, -0.1) is 23.1 Å². The normalized spacial score (nSPS) is 19.8. The predicted octanol–water partition coefficient (Wildman–Crippen LogP) is 3.56. The topological polar surface area (TPSA) is 206 Å². The highest BCUT2D eigenvalue weighted by atomic mass is 32.2. The van der Waals surface area contributed by atoms with Gasteiger partial charge in [0.05, 0.1) is 10.5 Å². The highest BCUT2D eigenvalue weighted by molar-refractivity contribution is 8.00. The number of hydrogen-bond acceptors (Lipinski definition) is 14. The van der Waals surface area contributed by atoms with Crippen LogP contribution in [0.1, 0.15) is 33.3 Å². The molecule has 0 spiro atoms. The van der Waals surface area contributed by atoms with Gasteiger partial charge in [-0.3, -0.25) is 24.5 Å². The van der Waals surface area contributed by atoms with Crippen molar-refractivity contribution in [2.75, 3.05) is 31.7 Å². The lowest BCUT2D eigenvalue weighted by Crippen LogP contribution is -2.74. The fourth-order valence-electron chi connectivity index (χ4n) is 5.62. The number of amides is 2. The minimum absolute atomic E-state index is 0.0371. The largest absolute Gasteiger partial charge is 0.461 e. The first kappa shape index (κ1) is 35.0. The van der Waals surface area contributed by atoms with Crippen LogP contribution >= 0.6 is 23.1 Å². The number of fused-ring (bicyclic) bond motifs is 1. The number of nitrogens with zero attached hydrogens (tertiary/aromatic N) is 4. The molecule has 2 aliphatic rings. The smallest absolute Gasteiger partial charge is 0.338 e. The second-order valence-corrected chi connectivity index (χ2v) is 13.6. The number of thiazole rings is 1. The Morgan fingerprint density at radius 1 is 1.08 bits per heavy atom. The van der Waals surface area contributed by atoms with E-state index in [4.69, 9.17) is 20.0 Å². The van der Waals surface area contributed by atoms with E-state index < -0.39 is 58.2 Å². The molecular weight excluding hydrogens is 701 g/mol. The SMILES string of the molecule is CON=C(C(=O)NC1C(=O)N2CC(COC(=O)c3ccc([N+](=O)[O-])cc3)(C(=O)OC(c3ccccc3)c3ccccc3)CS[C@H]12)c1csc(N)n1. The van der Waals surface area contributed by atoms with E-state index in [1.807, 2.05) is 60.7 Å². The third-order valence-electron chi connectivity index (χ3n) is 8.25. The number of esters is 2. The maximum absolute atomic E-state index is 14.4. The number of nitro groups is 1. The fraction of sp³-hybridized carbons (Fsp3) is 0.235. The minimum atomic E-state index is -1.52. The van der Waals surface area contributed by atoms with E-state index in [9.17, 15) is 29.3 Å². The number of benzene rings is 3. The Bertz CT molecular complexity index is 1940. The third-order valence-corrected chi connectivity index (χ3v) is 10.5. The Morgan fingerprint density at radius 3 is 2.29 bits per heavy atom. The molecule has 17 heteroatoms. The summed E-state index contributed by atoms with van der Waals surface area (Å²) in [5.74, 6) is -2.66. The number of nitro benzene ring substituents is 1. The van der Waals surface area contributed by atoms with Crippen LogP contribution in [0.2, 0.25) is 0 Å². The van der Waals surface area contributed by atoms with Gasteiger partial charge in [0.15, 0.2) is 16.9 Å². The maximum atomic E-state index is 14.4. The number of aromatic nitrogens is 1. The van der Waals surface area contributed by atoms with Crippen LogP contribution in [0.3, 0.4) is 0 Å². The maximum Gasteiger partial charge on any atom is 0.338 e. The number of nitrogens with two attached hydrogens (primary N) is 1. The number of thioether (sulfide) groups is 1. The molecular formula is C34H30N6O9S2. The van der Waals surface area contributed by atoms with Crippen LogP contribution in [0.25, 0.3) is 0 Å². The number of carbonyl (C=O) groups excluding carboxylic acids is 4. The molecule has 51 heavy (non-hydrogen) atoms. The van der Waals surface area contributed by atoms with Crippen molar-refractivity contribution in [3.8, 4) is 0 Å². The molecule has 4 aromatic rings. The highest BCUT2D eigenvalue weighted by Crippen LogP contribution is 2.44. The van der Waals surface area contributed by atoms with Gasteiger partial charge in [-0.25, -0.2) is 9.78 Å². The van der Waals surface area contributed by atoms with Gasteiger partial charge in [0.1, 0.15) is 36.2 Å². The van der Waals surface area contributed by atoms with E-state index in [-0.39, 0.29) is 40.1 Å². The number of non-ortho nitro benzene ring substituents is 1. The van der Waals surface area contributed by atoms with Crippen LogP contribution in [-0.2, 0) is 28.7 Å². The summed E-state index contributed by atoms with van der Waals surface area (Å²) in [6, 6.07) is 22.2. The molecule has 2 amide bonds. The van der Waals surface area contributed by atoms with Crippen LogP contribution in [0.4, 0.5) is 10.8 Å². The Hall–Kier alpha value is -5.81. The van der Waals surface area contributed by atoms with Gasteiger partial charge >= 0.3 is 11.9 Å². The van der Waals surface area contributed by atoms with Gasteiger partial charge < -0.3 is 30.3 Å². The molecule has 0 radical (unpaired) electrons. The third kappa shape index (κ3) is 7.39. The molecule has 0 bridgehead atoms. The molecule has 6 rings (SSSR count). The zero-order chi connectivity index (χ0) is 36.1. The Balaban J connectivity index is 1.24. The van der Waals surface area contributed by atoms with Crippen LogP contribution in [0.5, 0.6) is 0 Å². The predicted molar refractivity (Wildman–Crippen MR) is 187 cm³/mol. The Labute approximate surface area is 298 Å². The van der Waals surface area contributed by atoms with Crippen molar-refractivity contribution in [3.05, 3.63) is 123 Å². The molecule has 262 valence electrons. The van der Waals surface area contributed by atoms with Crippen molar-refractivity contribution < 1.29 is 38.4 Å². The number of oxime groups is 1. The summed E-state index contributed by atoms with van der Waals surface area (Å²) in [7, 11) is 1.27. The molecule has 3 aromatic carbocycles. The first-order valence-electron chi connectivity index (χ1n) is 15.4. The molecule has 2 saturated heterocycles. The first-order chi connectivity index (χ1) is 24.6. The number of nitrogen functional groups attached to an aromatic ring is 1. The lowest BCUT2D eigenvalue weighted by Gasteiger charge is -2.53. The van der Waals surface area contributed by atoms with Gasteiger partial charge in [-0.2, -0.15) is 0 Å². The number of ether oxygens (including phenoxy) is 2. The monoisotopic (exact) mass is 730 g/mol. The quantitative estimate of drug-likeness (QED) is 0.0706. The van der Waals surface area contributed by atoms with Gasteiger partial charge in [-0.1, -0.05) is 65.8 Å². The zero-order valence-electron chi connectivity index (χ0n) is 26.9. The average molecular weight is 731 g/mol. The van der Waals surface area contributed by atoms with E-state index in [0.717, 1.165) is 11.3 Å². The van der Waals surface area contributed by atoms with Crippen LogP contribution < -0.4 is 11.1 Å². The fourth-order valence-corrected chi connectivity index (χ4v) is 7.69. The summed E-state index contributed by atoms with van der Waals surface area (Å²) in [6.07, 6.45) is -0.817. The van der Waals surface area contributed by atoms with Gasteiger partial charge in [-0.05, 0) is 23.3 Å². The summed E-state index contributed by atoms with van der Waals surface area (Å²) in [6.45, 7) is -0.644. The van der Waals surface area contributed by atoms with Crippen molar-refractivity contribution in [3.63, 3.8) is 0 Å². The van der Waals surface area contributed by atoms with Crippen LogP contribution in [-0.4, -0.2) is 81.7 Å². The Kier molecular flexibility index (Phi) is 10.3. The molecule has 1 aromatic heterocycles. The molecule has 0 aliphatic carbocycles. The average Bonchev–Trinajstić information content (AvgIpc) is 3.59. The van der Waals surface area contributed by atoms with Crippen LogP contribution in [0, 0.1) is 15.5 Å².